The maximum Gasteiger partial charge on any atom is 0.236 e. The van der Waals surface area contributed by atoms with E-state index in [4.69, 9.17) is 35.3 Å². The maximum absolute atomic E-state index is 14.4. The number of methoxy groups -OCH3 is 4. The van der Waals surface area contributed by atoms with Crippen molar-refractivity contribution in [1.29, 1.82) is 0 Å². The van der Waals surface area contributed by atoms with E-state index in [-0.39, 0.29) is 46.6 Å². The van der Waals surface area contributed by atoms with E-state index >= 15 is 0 Å². The zero-order chi connectivity index (χ0) is 26.6. The number of allylic oxidation sites excluding steroid dienone is 1. The zero-order valence-electron chi connectivity index (χ0n) is 21.0. The molecule has 1 amide bonds. The van der Waals surface area contributed by atoms with E-state index < -0.39 is 29.0 Å². The number of benzene rings is 2. The summed E-state index contributed by atoms with van der Waals surface area (Å²) in [5.41, 5.74) is -0.268. The molecular weight excluding hydrogens is 502 g/mol. The van der Waals surface area contributed by atoms with E-state index in [0.717, 1.165) is 0 Å². The van der Waals surface area contributed by atoms with Gasteiger partial charge in [-0.3, -0.25) is 14.4 Å². The fraction of sp³-hybridized carbons (Fsp3) is 0.370. The van der Waals surface area contributed by atoms with Gasteiger partial charge in [-0.05, 0) is 24.1 Å². The maximum atomic E-state index is 14.4. The lowest BCUT2D eigenvalue weighted by molar-refractivity contribution is -0.131. The van der Waals surface area contributed by atoms with Gasteiger partial charge in [0.25, 0.3) is 0 Å². The highest BCUT2D eigenvalue weighted by Gasteiger charge is 2.63. The lowest BCUT2D eigenvalue weighted by Crippen LogP contribution is -2.59. The van der Waals surface area contributed by atoms with E-state index in [0.29, 0.717) is 28.3 Å². The Morgan fingerprint density at radius 3 is 2.22 bits per heavy atom. The molecule has 0 aromatic heterocycles. The van der Waals surface area contributed by atoms with Gasteiger partial charge < -0.3 is 29.0 Å². The third-order valence-corrected chi connectivity index (χ3v) is 7.73. The van der Waals surface area contributed by atoms with Crippen LogP contribution in [0.2, 0.25) is 5.02 Å². The van der Waals surface area contributed by atoms with Crippen LogP contribution in [0.15, 0.2) is 35.5 Å². The number of hydrogen-bond donors (Lipinski definition) is 1. The van der Waals surface area contributed by atoms with E-state index in [1.165, 1.54) is 34.5 Å². The lowest BCUT2D eigenvalue weighted by Gasteiger charge is -2.41. The van der Waals surface area contributed by atoms with Crippen molar-refractivity contribution in [3.8, 4) is 28.7 Å². The van der Waals surface area contributed by atoms with Crippen molar-refractivity contribution in [2.75, 3.05) is 28.4 Å². The normalized spacial score (nSPS) is 24.3. The van der Waals surface area contributed by atoms with Crippen LogP contribution in [0.4, 0.5) is 0 Å². The third-order valence-electron chi connectivity index (χ3n) is 7.37. The van der Waals surface area contributed by atoms with Gasteiger partial charge in [0, 0.05) is 35.6 Å². The first kappa shape index (κ1) is 25.0. The molecule has 0 saturated carbocycles. The molecule has 2 aliphatic heterocycles. The van der Waals surface area contributed by atoms with Crippen molar-refractivity contribution in [1.82, 2.24) is 5.32 Å². The molecule has 0 saturated heterocycles. The largest absolute Gasteiger partial charge is 0.496 e. The molecule has 194 valence electrons. The first-order valence-corrected chi connectivity index (χ1v) is 12.1. The lowest BCUT2D eigenvalue weighted by atomic mass is 9.66. The number of carbonyl (C=O) groups is 3. The van der Waals surface area contributed by atoms with Crippen LogP contribution in [0, 0.1) is 5.92 Å². The molecule has 0 radical (unpaired) electrons. The average Bonchev–Trinajstić information content (AvgIpc) is 3.21. The number of carbonyl (C=O) groups excluding carboxylic acids is 3. The third kappa shape index (κ3) is 3.48. The van der Waals surface area contributed by atoms with Gasteiger partial charge in [-0.1, -0.05) is 24.6 Å². The Balaban J connectivity index is 1.66. The molecule has 3 unspecified atom stereocenters. The molecule has 10 heteroatoms. The van der Waals surface area contributed by atoms with Crippen LogP contribution in [0.5, 0.6) is 28.7 Å². The van der Waals surface area contributed by atoms with Crippen molar-refractivity contribution in [3.05, 3.63) is 51.7 Å². The predicted octanol–water partition coefficient (Wildman–Crippen LogP) is 3.86. The summed E-state index contributed by atoms with van der Waals surface area (Å²) in [6, 6.07) is 6.74. The molecule has 0 bridgehead atoms. The average molecular weight is 528 g/mol. The molecule has 1 aliphatic carbocycles. The van der Waals surface area contributed by atoms with Crippen molar-refractivity contribution < 1.29 is 38.1 Å². The number of nitrogens with one attached hydrogen (secondary N) is 1. The number of rotatable bonds is 5. The van der Waals surface area contributed by atoms with Gasteiger partial charge in [0.2, 0.25) is 23.1 Å². The Bertz CT molecular complexity index is 1380. The Morgan fingerprint density at radius 1 is 0.892 bits per heavy atom. The molecule has 3 atom stereocenters. The van der Waals surface area contributed by atoms with Crippen LogP contribution in [-0.4, -0.2) is 51.5 Å². The second kappa shape index (κ2) is 8.99. The topological polar surface area (TPSA) is 109 Å². The minimum atomic E-state index is -1.86. The predicted molar refractivity (Wildman–Crippen MR) is 133 cm³/mol. The molecule has 2 aromatic carbocycles. The van der Waals surface area contributed by atoms with Crippen molar-refractivity contribution in [2.45, 2.75) is 31.3 Å². The SMILES string of the molecule is COc1ccc(C2CC(=O)NC3=C2C(=O)C2(Oc4c(Cl)c(OC)cc(OC)c4C2=O)C(C)C3)cc1OC. The fourth-order valence-corrected chi connectivity index (χ4v) is 5.81. The van der Waals surface area contributed by atoms with Gasteiger partial charge in [0.1, 0.15) is 22.1 Å². The van der Waals surface area contributed by atoms with Gasteiger partial charge in [0.15, 0.2) is 17.2 Å². The molecule has 0 fully saturated rings. The summed E-state index contributed by atoms with van der Waals surface area (Å²) in [6.45, 7) is 1.75. The number of hydrogen-bond acceptors (Lipinski definition) is 8. The van der Waals surface area contributed by atoms with Gasteiger partial charge in [-0.25, -0.2) is 0 Å². The smallest absolute Gasteiger partial charge is 0.236 e. The van der Waals surface area contributed by atoms with Crippen LogP contribution in [0.25, 0.3) is 0 Å². The quantitative estimate of drug-likeness (QED) is 0.584. The molecule has 37 heavy (non-hydrogen) atoms. The molecule has 9 nitrogen and oxygen atoms in total. The Labute approximate surface area is 218 Å². The number of fused-ring (bicyclic) bond motifs is 1. The molecule has 5 rings (SSSR count). The van der Waals surface area contributed by atoms with Gasteiger partial charge in [-0.15, -0.1) is 0 Å². The molecule has 2 aromatic rings. The van der Waals surface area contributed by atoms with Crippen LogP contribution < -0.4 is 29.0 Å². The van der Waals surface area contributed by atoms with E-state index in [1.807, 2.05) is 0 Å². The molecule has 1 N–H and O–H groups in total. The van der Waals surface area contributed by atoms with Crippen molar-refractivity contribution >= 4 is 29.1 Å². The Kier molecular flexibility index (Phi) is 6.06. The molecule has 3 aliphatic rings. The fourth-order valence-electron chi connectivity index (χ4n) is 5.54. The number of ketones is 2. The van der Waals surface area contributed by atoms with Gasteiger partial charge in [0.05, 0.1) is 28.4 Å². The summed E-state index contributed by atoms with van der Waals surface area (Å²) >= 11 is 6.53. The molecule has 2 heterocycles. The zero-order valence-corrected chi connectivity index (χ0v) is 21.8. The summed E-state index contributed by atoms with van der Waals surface area (Å²) in [4.78, 5) is 41.1. The van der Waals surface area contributed by atoms with Crippen LogP contribution in [0.3, 0.4) is 0 Å². The number of ether oxygens (including phenoxy) is 5. The second-order valence-electron chi connectivity index (χ2n) is 9.21. The Hall–Kier alpha value is -3.72. The number of amides is 1. The highest BCUT2D eigenvalue weighted by Crippen LogP contribution is 2.55. The second-order valence-corrected chi connectivity index (χ2v) is 9.59. The van der Waals surface area contributed by atoms with E-state index in [9.17, 15) is 14.4 Å². The number of halogens is 1. The Morgan fingerprint density at radius 2 is 1.57 bits per heavy atom. The summed E-state index contributed by atoms with van der Waals surface area (Å²) in [6.07, 6.45) is 0.261. The van der Waals surface area contributed by atoms with Crippen LogP contribution in [0.1, 0.15) is 41.6 Å². The van der Waals surface area contributed by atoms with Crippen LogP contribution in [-0.2, 0) is 9.59 Å². The summed E-state index contributed by atoms with van der Waals surface area (Å²) in [5.74, 6) is -1.000. The molecular formula is C27H26ClNO8. The van der Waals surface area contributed by atoms with Crippen molar-refractivity contribution in [2.24, 2.45) is 5.92 Å². The first-order chi connectivity index (χ1) is 17.7. The minimum Gasteiger partial charge on any atom is -0.496 e. The number of Topliss-reactive ketones (excluding diaryl/α,β-unsaturated/α-hetero) is 2. The highest BCUT2D eigenvalue weighted by atomic mass is 35.5. The van der Waals surface area contributed by atoms with Gasteiger partial charge in [-0.2, -0.15) is 0 Å². The minimum absolute atomic E-state index is 0.0174. The van der Waals surface area contributed by atoms with E-state index in [2.05, 4.69) is 5.32 Å². The standard InChI is InChI=1S/C27H26ClNO8/c1-12-8-15-21(14(10-20(30)29-15)13-6-7-16(33-2)17(9-13)34-3)25(31)27(12)26(32)22-18(35-4)11-19(36-5)23(28)24(22)37-27/h6-7,9,11-12,14H,8,10H2,1-5H3,(H,29,30). The first-order valence-electron chi connectivity index (χ1n) is 11.7. The summed E-state index contributed by atoms with van der Waals surface area (Å²) in [7, 11) is 5.88. The van der Waals surface area contributed by atoms with Crippen molar-refractivity contribution in [3.63, 3.8) is 0 Å². The van der Waals surface area contributed by atoms with Crippen LogP contribution >= 0.6 is 11.6 Å². The van der Waals surface area contributed by atoms with Gasteiger partial charge >= 0.3 is 0 Å². The highest BCUT2D eigenvalue weighted by molar-refractivity contribution is 6.36. The molecule has 1 spiro atoms. The summed E-state index contributed by atoms with van der Waals surface area (Å²) < 4.78 is 27.8. The monoisotopic (exact) mass is 527 g/mol. The van der Waals surface area contributed by atoms with E-state index in [1.54, 1.807) is 25.1 Å². The summed E-state index contributed by atoms with van der Waals surface area (Å²) in [5, 5.41) is 2.93.